The van der Waals surface area contributed by atoms with Crippen LogP contribution in [0.2, 0.25) is 0 Å². The highest BCUT2D eigenvalue weighted by atomic mass is 16.2. The molecule has 1 aliphatic carbocycles. The van der Waals surface area contributed by atoms with Gasteiger partial charge in [-0.2, -0.15) is 0 Å². The fraction of sp³-hybridized carbons (Fsp3) is 0.632. The molecule has 2 rings (SSSR count). The SMILES string of the molecule is CCN(CC(C)C)C(=O)NCC1(c2ccccc2)CCCC1. The quantitative estimate of drug-likeness (QED) is 0.839. The van der Waals surface area contributed by atoms with Crippen molar-refractivity contribution in [2.24, 2.45) is 5.92 Å². The Morgan fingerprint density at radius 1 is 1.23 bits per heavy atom. The van der Waals surface area contributed by atoms with Crippen molar-refractivity contribution in [3.8, 4) is 0 Å². The van der Waals surface area contributed by atoms with Gasteiger partial charge in [0.25, 0.3) is 0 Å². The summed E-state index contributed by atoms with van der Waals surface area (Å²) in [5.74, 6) is 0.500. The number of carbonyl (C=O) groups is 1. The van der Waals surface area contributed by atoms with Crippen molar-refractivity contribution in [3.05, 3.63) is 35.9 Å². The maximum absolute atomic E-state index is 12.5. The molecule has 0 heterocycles. The van der Waals surface area contributed by atoms with Crippen LogP contribution in [0.25, 0.3) is 0 Å². The Balaban J connectivity index is 2.02. The van der Waals surface area contributed by atoms with Gasteiger partial charge in [-0.1, -0.05) is 57.0 Å². The minimum atomic E-state index is 0.0819. The molecule has 0 aliphatic heterocycles. The molecule has 1 fully saturated rings. The van der Waals surface area contributed by atoms with Gasteiger partial charge in [0, 0.05) is 25.0 Å². The summed E-state index contributed by atoms with van der Waals surface area (Å²) < 4.78 is 0. The van der Waals surface area contributed by atoms with E-state index in [0.717, 1.165) is 19.6 Å². The molecular weight excluding hydrogens is 272 g/mol. The highest BCUT2D eigenvalue weighted by Gasteiger charge is 2.36. The van der Waals surface area contributed by atoms with E-state index in [1.165, 1.54) is 31.2 Å². The van der Waals surface area contributed by atoms with E-state index >= 15 is 0 Å². The van der Waals surface area contributed by atoms with Gasteiger partial charge in [-0.15, -0.1) is 0 Å². The predicted octanol–water partition coefficient (Wildman–Crippen LogP) is 4.19. The van der Waals surface area contributed by atoms with E-state index in [1.807, 2.05) is 11.8 Å². The average Bonchev–Trinajstić information content (AvgIpc) is 3.01. The molecule has 0 spiro atoms. The summed E-state index contributed by atoms with van der Waals surface area (Å²) in [5.41, 5.74) is 1.51. The van der Waals surface area contributed by atoms with Gasteiger partial charge in [0.1, 0.15) is 0 Å². The molecule has 122 valence electrons. The second-order valence-corrected chi connectivity index (χ2v) is 6.94. The van der Waals surface area contributed by atoms with E-state index in [2.05, 4.69) is 49.5 Å². The van der Waals surface area contributed by atoms with Gasteiger partial charge >= 0.3 is 6.03 Å². The Morgan fingerprint density at radius 2 is 1.86 bits per heavy atom. The first-order valence-electron chi connectivity index (χ1n) is 8.66. The van der Waals surface area contributed by atoms with Gasteiger partial charge in [0.2, 0.25) is 0 Å². The fourth-order valence-corrected chi connectivity index (χ4v) is 3.56. The molecule has 3 heteroatoms. The highest BCUT2D eigenvalue weighted by molar-refractivity contribution is 5.74. The molecule has 1 aromatic rings. The van der Waals surface area contributed by atoms with Crippen molar-refractivity contribution >= 4 is 6.03 Å². The van der Waals surface area contributed by atoms with Crippen molar-refractivity contribution in [3.63, 3.8) is 0 Å². The van der Waals surface area contributed by atoms with E-state index in [1.54, 1.807) is 0 Å². The molecule has 3 nitrogen and oxygen atoms in total. The van der Waals surface area contributed by atoms with Gasteiger partial charge in [0.15, 0.2) is 0 Å². The Bertz CT molecular complexity index is 464. The Hall–Kier alpha value is -1.51. The summed E-state index contributed by atoms with van der Waals surface area (Å²) in [7, 11) is 0. The lowest BCUT2D eigenvalue weighted by molar-refractivity contribution is 0.190. The number of rotatable bonds is 6. The molecular formula is C19H30N2O. The van der Waals surface area contributed by atoms with Gasteiger partial charge in [-0.25, -0.2) is 4.79 Å². The summed E-state index contributed by atoms with van der Waals surface area (Å²) >= 11 is 0. The Kier molecular flexibility index (Phi) is 5.87. The molecule has 0 saturated heterocycles. The smallest absolute Gasteiger partial charge is 0.317 e. The second-order valence-electron chi connectivity index (χ2n) is 6.94. The van der Waals surface area contributed by atoms with Gasteiger partial charge in [0.05, 0.1) is 0 Å². The standard InChI is InChI=1S/C19H30N2O/c1-4-21(14-16(2)3)18(22)20-15-19(12-8-9-13-19)17-10-6-5-7-11-17/h5-7,10-11,16H,4,8-9,12-15H2,1-3H3,(H,20,22). The molecule has 1 aliphatic rings. The normalized spacial score (nSPS) is 16.7. The first-order chi connectivity index (χ1) is 10.6. The van der Waals surface area contributed by atoms with Crippen molar-refractivity contribution in [2.75, 3.05) is 19.6 Å². The van der Waals surface area contributed by atoms with Crippen LogP contribution in [-0.2, 0) is 5.41 Å². The van der Waals surface area contributed by atoms with Crippen LogP contribution in [0.15, 0.2) is 30.3 Å². The molecule has 0 bridgehead atoms. The van der Waals surface area contributed by atoms with Crippen molar-refractivity contribution < 1.29 is 4.79 Å². The number of hydrogen-bond donors (Lipinski definition) is 1. The van der Waals surface area contributed by atoms with Crippen molar-refractivity contribution in [1.29, 1.82) is 0 Å². The van der Waals surface area contributed by atoms with E-state index in [9.17, 15) is 4.79 Å². The summed E-state index contributed by atoms with van der Waals surface area (Å²) in [6.07, 6.45) is 4.86. The average molecular weight is 302 g/mol. The number of hydrogen-bond acceptors (Lipinski definition) is 1. The molecule has 2 amide bonds. The monoisotopic (exact) mass is 302 g/mol. The third kappa shape index (κ3) is 4.02. The predicted molar refractivity (Wildman–Crippen MR) is 92.1 cm³/mol. The van der Waals surface area contributed by atoms with Crippen molar-refractivity contribution in [1.82, 2.24) is 10.2 Å². The van der Waals surface area contributed by atoms with Crippen LogP contribution in [0.3, 0.4) is 0 Å². The minimum absolute atomic E-state index is 0.0819. The van der Waals surface area contributed by atoms with Gasteiger partial charge in [-0.05, 0) is 31.2 Å². The van der Waals surface area contributed by atoms with E-state index < -0.39 is 0 Å². The fourth-order valence-electron chi connectivity index (χ4n) is 3.56. The van der Waals surface area contributed by atoms with Gasteiger partial charge < -0.3 is 10.2 Å². The maximum atomic E-state index is 12.5. The lowest BCUT2D eigenvalue weighted by Gasteiger charge is -2.32. The van der Waals surface area contributed by atoms with Crippen molar-refractivity contribution in [2.45, 2.75) is 51.9 Å². The van der Waals surface area contributed by atoms with Crippen LogP contribution in [-0.4, -0.2) is 30.6 Å². The Labute approximate surface area is 135 Å². The molecule has 1 N–H and O–H groups in total. The van der Waals surface area contributed by atoms with Crippen LogP contribution in [0.1, 0.15) is 52.0 Å². The summed E-state index contributed by atoms with van der Waals surface area (Å²) in [6.45, 7) is 8.69. The number of carbonyl (C=O) groups excluding carboxylic acids is 1. The third-order valence-electron chi connectivity index (χ3n) is 4.78. The summed E-state index contributed by atoms with van der Waals surface area (Å²) in [5, 5.41) is 3.21. The number of nitrogens with one attached hydrogen (secondary N) is 1. The molecule has 1 saturated carbocycles. The largest absolute Gasteiger partial charge is 0.337 e. The van der Waals surface area contributed by atoms with E-state index in [0.29, 0.717) is 5.92 Å². The number of amides is 2. The zero-order valence-electron chi connectivity index (χ0n) is 14.3. The lowest BCUT2D eigenvalue weighted by atomic mass is 9.79. The number of urea groups is 1. The molecule has 0 aromatic heterocycles. The first-order valence-corrected chi connectivity index (χ1v) is 8.66. The second kappa shape index (κ2) is 7.66. The summed E-state index contributed by atoms with van der Waals surface area (Å²) in [6, 6.07) is 10.8. The van der Waals surface area contributed by atoms with E-state index in [4.69, 9.17) is 0 Å². The zero-order chi connectivity index (χ0) is 16.0. The molecule has 1 aromatic carbocycles. The maximum Gasteiger partial charge on any atom is 0.317 e. The van der Waals surface area contributed by atoms with Crippen LogP contribution >= 0.6 is 0 Å². The van der Waals surface area contributed by atoms with Crippen LogP contribution in [0, 0.1) is 5.92 Å². The number of nitrogens with zero attached hydrogens (tertiary/aromatic N) is 1. The minimum Gasteiger partial charge on any atom is -0.337 e. The Morgan fingerprint density at radius 3 is 2.41 bits per heavy atom. The van der Waals surface area contributed by atoms with E-state index in [-0.39, 0.29) is 11.4 Å². The molecule has 0 radical (unpaired) electrons. The van der Waals surface area contributed by atoms with Crippen LogP contribution in [0.4, 0.5) is 4.79 Å². The molecule has 0 atom stereocenters. The summed E-state index contributed by atoms with van der Waals surface area (Å²) in [4.78, 5) is 14.4. The van der Waals surface area contributed by atoms with Crippen LogP contribution < -0.4 is 5.32 Å². The lowest BCUT2D eigenvalue weighted by Crippen LogP contribution is -2.46. The third-order valence-corrected chi connectivity index (χ3v) is 4.78. The van der Waals surface area contributed by atoms with Gasteiger partial charge in [-0.3, -0.25) is 0 Å². The number of benzene rings is 1. The topological polar surface area (TPSA) is 32.3 Å². The molecule has 0 unspecified atom stereocenters. The zero-order valence-corrected chi connectivity index (χ0v) is 14.3. The molecule has 22 heavy (non-hydrogen) atoms. The van der Waals surface area contributed by atoms with Crippen LogP contribution in [0.5, 0.6) is 0 Å². The highest BCUT2D eigenvalue weighted by Crippen LogP contribution is 2.40. The first kappa shape index (κ1) is 16.9.